The van der Waals surface area contributed by atoms with E-state index in [1.165, 1.54) is 12.1 Å². The molecule has 0 fully saturated rings. The Morgan fingerprint density at radius 3 is 1.21 bits per heavy atom. The quantitative estimate of drug-likeness (QED) is 0.300. The summed E-state index contributed by atoms with van der Waals surface area (Å²) >= 11 is 44.1. The summed E-state index contributed by atoms with van der Waals surface area (Å²) in [6, 6.07) is 2.51. The zero-order chi connectivity index (χ0) is 17.2. The van der Waals surface area contributed by atoms with E-state index >= 15 is 0 Å². The maximum atomic E-state index is 11.1. The molecule has 0 amide bonds. The van der Waals surface area contributed by atoms with Crippen LogP contribution in [0.4, 0.5) is 0 Å². The van der Waals surface area contributed by atoms with Gasteiger partial charge in [0.05, 0.1) is 35.2 Å². The Hall–Kier alpha value is 2.36. The van der Waals surface area contributed by atoms with Crippen molar-refractivity contribution in [1.82, 2.24) is 0 Å². The molecule has 0 unspecified atom stereocenters. The van der Waals surface area contributed by atoms with Crippen LogP contribution in [-0.4, -0.2) is 0 Å². The summed E-state index contributed by atoms with van der Waals surface area (Å²) in [5.41, 5.74) is 0. The van der Waals surface area contributed by atoms with Crippen molar-refractivity contribution in [3.8, 4) is 11.5 Å². The first kappa shape index (κ1) is 28.6. The first-order chi connectivity index (χ1) is 10.1. The van der Waals surface area contributed by atoms with Crippen molar-refractivity contribution in [2.75, 3.05) is 0 Å². The van der Waals surface area contributed by atoms with E-state index in [0.717, 1.165) is 0 Å². The maximum Gasteiger partial charge on any atom is 1.00 e. The molecule has 0 saturated heterocycles. The minimum Gasteiger partial charge on any atom is -0.871 e. The molecule has 0 bridgehead atoms. The second kappa shape index (κ2) is 12.7. The van der Waals surface area contributed by atoms with E-state index in [2.05, 4.69) is 0 Å². The number of benzene rings is 2. The van der Waals surface area contributed by atoms with Gasteiger partial charge in [-0.25, -0.2) is 0 Å². The first-order valence-electron chi connectivity index (χ1n) is 5.07. The van der Waals surface area contributed by atoms with Crippen LogP contribution in [0.15, 0.2) is 12.1 Å². The molecule has 24 heavy (non-hydrogen) atoms. The van der Waals surface area contributed by atoms with Crippen LogP contribution >= 0.6 is 92.8 Å². The van der Waals surface area contributed by atoms with Gasteiger partial charge in [0.25, 0.3) is 0 Å². The Kier molecular flexibility index (Phi) is 15.2. The number of rotatable bonds is 0. The van der Waals surface area contributed by atoms with E-state index in [4.69, 9.17) is 92.8 Å². The van der Waals surface area contributed by atoms with Crippen LogP contribution < -0.4 is 69.3 Å². The summed E-state index contributed by atoms with van der Waals surface area (Å²) in [6.45, 7) is 0. The van der Waals surface area contributed by atoms with E-state index in [0.29, 0.717) is 5.02 Å². The SMILES string of the molecule is [Na+].[Na+].[O-]c1c(Cl)c(Cl)c(Cl)c(Cl)c1Cl.[O-]c1cc(Cl)c(Cl)cc1Cl. The smallest absolute Gasteiger partial charge is 0.871 e. The van der Waals surface area contributed by atoms with Crippen LogP contribution in [-0.2, 0) is 0 Å². The number of hydrogen-bond acceptors (Lipinski definition) is 2. The largest absolute Gasteiger partial charge is 1.00 e. The molecule has 2 rings (SSSR count). The van der Waals surface area contributed by atoms with Crippen molar-refractivity contribution < 1.29 is 69.3 Å². The zero-order valence-electron chi connectivity index (χ0n) is 12.0. The van der Waals surface area contributed by atoms with Crippen LogP contribution in [0.3, 0.4) is 0 Å². The van der Waals surface area contributed by atoms with E-state index in [1.807, 2.05) is 0 Å². The molecule has 12 heteroatoms. The molecule has 2 aromatic carbocycles. The van der Waals surface area contributed by atoms with Gasteiger partial charge in [-0.15, -0.1) is 0 Å². The zero-order valence-corrected chi connectivity index (χ0v) is 22.0. The molecule has 0 atom stereocenters. The second-order valence-electron chi connectivity index (χ2n) is 3.60. The maximum absolute atomic E-state index is 11.1. The third-order valence-electron chi connectivity index (χ3n) is 2.14. The van der Waals surface area contributed by atoms with Gasteiger partial charge in [0, 0.05) is 5.02 Å². The molecule has 120 valence electrons. The van der Waals surface area contributed by atoms with Gasteiger partial charge in [0.2, 0.25) is 0 Å². The van der Waals surface area contributed by atoms with Crippen LogP contribution in [0.5, 0.6) is 11.5 Å². The molecule has 2 nitrogen and oxygen atoms in total. The first-order valence-corrected chi connectivity index (χ1v) is 8.10. The number of halogens is 8. The molecular formula is C12H2Cl8Na2O2. The summed E-state index contributed by atoms with van der Waals surface area (Å²) in [7, 11) is 0. The Labute approximate surface area is 222 Å². The third kappa shape index (κ3) is 7.41. The fourth-order valence-corrected chi connectivity index (χ4v) is 2.75. The second-order valence-corrected chi connectivity index (χ2v) is 6.71. The molecule has 0 radical (unpaired) electrons. The van der Waals surface area contributed by atoms with Gasteiger partial charge in [-0.2, -0.15) is 0 Å². The van der Waals surface area contributed by atoms with Gasteiger partial charge in [-0.3, -0.25) is 0 Å². The molecule has 0 saturated carbocycles. The van der Waals surface area contributed by atoms with Gasteiger partial charge >= 0.3 is 59.1 Å². The molecule has 0 spiro atoms. The fraction of sp³-hybridized carbons (Fsp3) is 0. The Morgan fingerprint density at radius 1 is 0.500 bits per heavy atom. The van der Waals surface area contributed by atoms with Crippen molar-refractivity contribution in [2.24, 2.45) is 0 Å². The molecule has 0 heterocycles. The predicted octanol–water partition coefficient (Wildman–Crippen LogP) is 0.756. The van der Waals surface area contributed by atoms with Gasteiger partial charge in [-0.05, 0) is 12.1 Å². The Morgan fingerprint density at radius 2 is 0.833 bits per heavy atom. The average Bonchev–Trinajstić information content (AvgIpc) is 2.48. The van der Waals surface area contributed by atoms with E-state index in [1.54, 1.807) is 0 Å². The van der Waals surface area contributed by atoms with Crippen molar-refractivity contribution >= 4 is 92.8 Å². The summed E-state index contributed by atoms with van der Waals surface area (Å²) in [6.07, 6.45) is 0. The monoisotopic (exact) mass is 504 g/mol. The van der Waals surface area contributed by atoms with Gasteiger partial charge in [0.1, 0.15) is 0 Å². The van der Waals surface area contributed by atoms with E-state index in [-0.39, 0.29) is 100 Å². The van der Waals surface area contributed by atoms with Gasteiger partial charge in [0.15, 0.2) is 0 Å². The topological polar surface area (TPSA) is 46.1 Å². The third-order valence-corrected chi connectivity index (χ3v) is 5.40. The molecule has 2 aromatic rings. The molecule has 0 aliphatic heterocycles. The molecule has 0 aromatic heterocycles. The van der Waals surface area contributed by atoms with Crippen LogP contribution in [0.25, 0.3) is 0 Å². The molecule has 0 N–H and O–H groups in total. The van der Waals surface area contributed by atoms with Gasteiger partial charge < -0.3 is 10.2 Å². The van der Waals surface area contributed by atoms with Crippen LogP contribution in [0.1, 0.15) is 0 Å². The molecule has 0 aliphatic rings. The summed E-state index contributed by atoms with van der Waals surface area (Å²) < 4.78 is 0. The van der Waals surface area contributed by atoms with Crippen molar-refractivity contribution in [2.45, 2.75) is 0 Å². The minimum absolute atomic E-state index is 0. The fourth-order valence-electron chi connectivity index (χ4n) is 1.09. The number of hydrogen-bond donors (Lipinski definition) is 0. The summed E-state index contributed by atoms with van der Waals surface area (Å²) in [5, 5.41) is 21.8. The summed E-state index contributed by atoms with van der Waals surface area (Å²) in [5.74, 6) is -0.922. The normalized spacial score (nSPS) is 9.33. The Balaban J connectivity index is 0. The van der Waals surface area contributed by atoms with Crippen LogP contribution in [0.2, 0.25) is 40.2 Å². The summed E-state index contributed by atoms with van der Waals surface area (Å²) in [4.78, 5) is 0. The minimum atomic E-state index is -0.613. The van der Waals surface area contributed by atoms with Crippen molar-refractivity contribution in [1.29, 1.82) is 0 Å². The Bertz CT molecular complexity index is 572. The molecular weight excluding hydrogens is 506 g/mol. The van der Waals surface area contributed by atoms with Crippen LogP contribution in [0, 0.1) is 0 Å². The average molecular weight is 508 g/mol. The van der Waals surface area contributed by atoms with Crippen molar-refractivity contribution in [3.63, 3.8) is 0 Å². The predicted molar refractivity (Wildman–Crippen MR) is 91.9 cm³/mol. The van der Waals surface area contributed by atoms with E-state index in [9.17, 15) is 10.2 Å². The standard InChI is InChI=1S/C6HCl5O.C6H3Cl3O.2Na/c7-1-2(8)4(10)6(12)5(11)3(1)9;7-3-1-5(9)6(10)2-4(3)8;;/h12H;1-2,10H;;/q;;2*+1/p-2. The molecule has 0 aliphatic carbocycles. The van der Waals surface area contributed by atoms with Crippen molar-refractivity contribution in [3.05, 3.63) is 52.3 Å². The van der Waals surface area contributed by atoms with E-state index < -0.39 is 5.75 Å². The van der Waals surface area contributed by atoms with Gasteiger partial charge in [-0.1, -0.05) is 104 Å².